The summed E-state index contributed by atoms with van der Waals surface area (Å²) < 4.78 is 0. The second-order valence-electron chi connectivity index (χ2n) is 5.97. The van der Waals surface area contributed by atoms with E-state index in [2.05, 4.69) is 5.32 Å². The normalized spacial score (nSPS) is 13.2. The lowest BCUT2D eigenvalue weighted by molar-refractivity contribution is -0.142. The molecule has 1 atom stereocenters. The maximum atomic E-state index is 12.3. The zero-order chi connectivity index (χ0) is 15.9. The van der Waals surface area contributed by atoms with Gasteiger partial charge in [-0.2, -0.15) is 0 Å². The summed E-state index contributed by atoms with van der Waals surface area (Å²) in [6.07, 6.45) is 1.52. The highest BCUT2D eigenvalue weighted by atomic mass is 16.4. The summed E-state index contributed by atoms with van der Waals surface area (Å²) in [6.45, 7) is 9.28. The van der Waals surface area contributed by atoms with Crippen LogP contribution in [0.5, 0.6) is 0 Å². The average molecular weight is 288 g/mol. The molecule has 0 bridgehead atoms. The van der Waals surface area contributed by atoms with Crippen molar-refractivity contribution in [3.05, 3.63) is 0 Å². The largest absolute Gasteiger partial charge is 0.480 e. The third-order valence-corrected chi connectivity index (χ3v) is 3.37. The quantitative estimate of drug-likeness (QED) is 0.665. The van der Waals surface area contributed by atoms with Gasteiger partial charge < -0.3 is 20.4 Å². The van der Waals surface area contributed by atoms with Crippen LogP contribution in [-0.2, 0) is 4.79 Å². The number of carboxylic acid groups (broad SMARTS) is 1. The highest BCUT2D eigenvalue weighted by Gasteiger charge is 2.34. The standard InChI is InChI=1S/C14H28N2O4/c1-6-10(7-2)16(8-9-17)13(20)15-11(12(18)19)14(3,4)5/h10-11,17H,6-9H2,1-5H3,(H,15,20)(H,18,19)/t11-/m1/s1. The van der Waals surface area contributed by atoms with Crippen molar-refractivity contribution in [2.24, 2.45) is 5.41 Å². The number of aliphatic hydroxyl groups excluding tert-OH is 1. The minimum Gasteiger partial charge on any atom is -0.480 e. The maximum Gasteiger partial charge on any atom is 0.326 e. The molecule has 20 heavy (non-hydrogen) atoms. The van der Waals surface area contributed by atoms with E-state index in [1.165, 1.54) is 4.90 Å². The molecule has 0 heterocycles. The van der Waals surface area contributed by atoms with E-state index < -0.39 is 23.5 Å². The molecule has 2 amide bonds. The molecule has 0 fully saturated rings. The highest BCUT2D eigenvalue weighted by Crippen LogP contribution is 2.20. The van der Waals surface area contributed by atoms with Crippen molar-refractivity contribution in [2.75, 3.05) is 13.2 Å². The Kier molecular flexibility index (Phi) is 7.57. The Labute approximate surface area is 121 Å². The molecule has 0 rings (SSSR count). The summed E-state index contributed by atoms with van der Waals surface area (Å²) >= 11 is 0. The molecule has 0 unspecified atom stereocenters. The van der Waals surface area contributed by atoms with Gasteiger partial charge in [-0.1, -0.05) is 34.6 Å². The van der Waals surface area contributed by atoms with E-state index in [1.54, 1.807) is 20.8 Å². The van der Waals surface area contributed by atoms with Crippen molar-refractivity contribution in [1.82, 2.24) is 10.2 Å². The summed E-state index contributed by atoms with van der Waals surface area (Å²) in [4.78, 5) is 25.1. The third-order valence-electron chi connectivity index (χ3n) is 3.37. The van der Waals surface area contributed by atoms with Crippen LogP contribution in [0.25, 0.3) is 0 Å². The van der Waals surface area contributed by atoms with Crippen molar-refractivity contribution in [2.45, 2.75) is 59.5 Å². The van der Waals surface area contributed by atoms with Crippen LogP contribution in [0.3, 0.4) is 0 Å². The first-order chi connectivity index (χ1) is 9.18. The molecule has 0 spiro atoms. The van der Waals surface area contributed by atoms with Gasteiger partial charge in [0.2, 0.25) is 0 Å². The molecule has 0 saturated carbocycles. The minimum absolute atomic E-state index is 0.00318. The number of hydrogen-bond acceptors (Lipinski definition) is 3. The predicted octanol–water partition coefficient (Wildman–Crippen LogP) is 1.68. The Morgan fingerprint density at radius 3 is 2.00 bits per heavy atom. The average Bonchev–Trinajstić information content (AvgIpc) is 2.34. The van der Waals surface area contributed by atoms with Crippen molar-refractivity contribution in [3.63, 3.8) is 0 Å². The molecule has 0 aromatic rings. The number of amides is 2. The molecule has 0 aromatic carbocycles. The van der Waals surface area contributed by atoms with Gasteiger partial charge in [-0.05, 0) is 18.3 Å². The molecule has 0 aliphatic rings. The van der Waals surface area contributed by atoms with Gasteiger partial charge in [0.25, 0.3) is 0 Å². The van der Waals surface area contributed by atoms with Crippen LogP contribution in [0.2, 0.25) is 0 Å². The number of nitrogens with one attached hydrogen (secondary N) is 1. The Bertz CT molecular complexity index is 322. The van der Waals surface area contributed by atoms with Crippen LogP contribution in [0.1, 0.15) is 47.5 Å². The lowest BCUT2D eigenvalue weighted by Gasteiger charge is -2.34. The van der Waals surface area contributed by atoms with Crippen LogP contribution < -0.4 is 5.32 Å². The molecule has 0 aliphatic heterocycles. The second-order valence-corrected chi connectivity index (χ2v) is 5.97. The number of carbonyl (C=O) groups is 2. The summed E-state index contributed by atoms with van der Waals surface area (Å²) in [6, 6.07) is -1.41. The zero-order valence-corrected chi connectivity index (χ0v) is 13.1. The van der Waals surface area contributed by atoms with Crippen LogP contribution in [-0.4, -0.2) is 52.3 Å². The fourth-order valence-corrected chi connectivity index (χ4v) is 2.14. The van der Waals surface area contributed by atoms with Crippen LogP contribution in [0.4, 0.5) is 4.79 Å². The first-order valence-electron chi connectivity index (χ1n) is 7.09. The van der Waals surface area contributed by atoms with Gasteiger partial charge in [0.15, 0.2) is 0 Å². The lowest BCUT2D eigenvalue weighted by atomic mass is 9.87. The number of carboxylic acids is 1. The zero-order valence-electron chi connectivity index (χ0n) is 13.1. The fourth-order valence-electron chi connectivity index (χ4n) is 2.14. The van der Waals surface area contributed by atoms with Crippen molar-refractivity contribution in [3.8, 4) is 0 Å². The van der Waals surface area contributed by atoms with E-state index >= 15 is 0 Å². The molecule has 0 radical (unpaired) electrons. The number of urea groups is 1. The molecule has 0 aromatic heterocycles. The summed E-state index contributed by atoms with van der Waals surface area (Å²) in [5.74, 6) is -1.06. The van der Waals surface area contributed by atoms with Gasteiger partial charge in [0, 0.05) is 12.6 Å². The van der Waals surface area contributed by atoms with Crippen LogP contribution in [0.15, 0.2) is 0 Å². The highest BCUT2D eigenvalue weighted by molar-refractivity contribution is 5.83. The van der Waals surface area contributed by atoms with E-state index in [-0.39, 0.29) is 19.2 Å². The number of rotatable bonds is 7. The van der Waals surface area contributed by atoms with Gasteiger partial charge in [-0.3, -0.25) is 0 Å². The van der Waals surface area contributed by atoms with Crippen LogP contribution in [0, 0.1) is 5.41 Å². The van der Waals surface area contributed by atoms with Crippen molar-refractivity contribution in [1.29, 1.82) is 0 Å². The molecule has 0 saturated heterocycles. The number of aliphatic carboxylic acids is 1. The number of aliphatic hydroxyl groups is 1. The fraction of sp³-hybridized carbons (Fsp3) is 0.857. The first-order valence-corrected chi connectivity index (χ1v) is 7.09. The molecule has 0 aliphatic carbocycles. The smallest absolute Gasteiger partial charge is 0.326 e. The predicted molar refractivity (Wildman–Crippen MR) is 77.6 cm³/mol. The Balaban J connectivity index is 5.02. The molecular weight excluding hydrogens is 260 g/mol. The van der Waals surface area contributed by atoms with Gasteiger partial charge in [-0.25, -0.2) is 9.59 Å². The van der Waals surface area contributed by atoms with Crippen molar-refractivity contribution >= 4 is 12.0 Å². The Morgan fingerprint density at radius 1 is 1.20 bits per heavy atom. The SMILES string of the molecule is CCC(CC)N(CCO)C(=O)N[C@H](C(=O)O)C(C)(C)C. The van der Waals surface area contributed by atoms with E-state index in [4.69, 9.17) is 5.11 Å². The molecule has 6 heteroatoms. The van der Waals surface area contributed by atoms with Crippen molar-refractivity contribution < 1.29 is 19.8 Å². The summed E-state index contributed by atoms with van der Waals surface area (Å²) in [7, 11) is 0. The van der Waals surface area contributed by atoms with E-state index in [0.29, 0.717) is 0 Å². The second kappa shape index (κ2) is 8.09. The minimum atomic E-state index is -1.06. The molecule has 6 nitrogen and oxygen atoms in total. The number of carbonyl (C=O) groups excluding carboxylic acids is 1. The van der Waals surface area contributed by atoms with Crippen LogP contribution >= 0.6 is 0 Å². The summed E-state index contributed by atoms with van der Waals surface area (Å²) in [5, 5.41) is 20.9. The van der Waals surface area contributed by atoms with E-state index in [9.17, 15) is 14.7 Å². The number of nitrogens with zero attached hydrogens (tertiary/aromatic N) is 1. The Morgan fingerprint density at radius 2 is 1.70 bits per heavy atom. The van der Waals surface area contributed by atoms with E-state index in [0.717, 1.165) is 12.8 Å². The first kappa shape index (κ1) is 18.7. The van der Waals surface area contributed by atoms with Gasteiger partial charge in [-0.15, -0.1) is 0 Å². The molecular formula is C14H28N2O4. The molecule has 3 N–H and O–H groups in total. The van der Waals surface area contributed by atoms with Gasteiger partial charge >= 0.3 is 12.0 Å². The van der Waals surface area contributed by atoms with E-state index in [1.807, 2.05) is 13.8 Å². The maximum absolute atomic E-state index is 12.3. The molecule has 118 valence electrons. The lowest BCUT2D eigenvalue weighted by Crippen LogP contribution is -2.55. The Hall–Kier alpha value is -1.30. The topological polar surface area (TPSA) is 89.9 Å². The van der Waals surface area contributed by atoms with Gasteiger partial charge in [0.05, 0.1) is 6.61 Å². The number of hydrogen-bond donors (Lipinski definition) is 3. The third kappa shape index (κ3) is 5.36. The summed E-state index contributed by atoms with van der Waals surface area (Å²) in [5.41, 5.74) is -0.583. The monoisotopic (exact) mass is 288 g/mol. The van der Waals surface area contributed by atoms with Gasteiger partial charge in [0.1, 0.15) is 6.04 Å².